The minimum Gasteiger partial charge on any atom is -0.313 e. The molecule has 0 aromatic carbocycles. The van der Waals surface area contributed by atoms with Gasteiger partial charge in [0.25, 0.3) is 0 Å². The van der Waals surface area contributed by atoms with Gasteiger partial charge in [0.1, 0.15) is 0 Å². The summed E-state index contributed by atoms with van der Waals surface area (Å²) in [6.45, 7) is 3.17. The van der Waals surface area contributed by atoms with Crippen molar-refractivity contribution in [1.82, 2.24) is 15.3 Å². The summed E-state index contributed by atoms with van der Waals surface area (Å²) in [6.07, 6.45) is 4.42. The van der Waals surface area contributed by atoms with Crippen molar-refractivity contribution in [2.75, 3.05) is 12.3 Å². The van der Waals surface area contributed by atoms with Crippen LogP contribution in [0.25, 0.3) is 0 Å². The van der Waals surface area contributed by atoms with Crippen molar-refractivity contribution in [1.29, 1.82) is 0 Å². The molecule has 0 spiro atoms. The van der Waals surface area contributed by atoms with Crippen molar-refractivity contribution in [2.45, 2.75) is 31.0 Å². The summed E-state index contributed by atoms with van der Waals surface area (Å²) in [7, 11) is 0. The first-order valence-electron chi connectivity index (χ1n) is 5.00. The third-order valence-electron chi connectivity index (χ3n) is 2.35. The van der Waals surface area contributed by atoms with E-state index in [4.69, 9.17) is 0 Å². The molecule has 14 heavy (non-hydrogen) atoms. The van der Waals surface area contributed by atoms with Gasteiger partial charge in [-0.1, -0.05) is 11.8 Å². The van der Waals surface area contributed by atoms with E-state index < -0.39 is 0 Å². The molecule has 0 unspecified atom stereocenters. The maximum Gasteiger partial charge on any atom is 0.187 e. The zero-order valence-corrected chi connectivity index (χ0v) is 9.18. The van der Waals surface area contributed by atoms with Crippen molar-refractivity contribution >= 4 is 11.8 Å². The molecule has 0 saturated carbocycles. The first kappa shape index (κ1) is 9.93. The van der Waals surface area contributed by atoms with Crippen LogP contribution in [0.5, 0.6) is 0 Å². The second-order valence-electron chi connectivity index (χ2n) is 3.58. The van der Waals surface area contributed by atoms with Crippen LogP contribution in [-0.2, 0) is 0 Å². The number of aromatic nitrogens is 2. The average molecular weight is 209 g/mol. The Morgan fingerprint density at radius 1 is 1.64 bits per heavy atom. The highest BCUT2D eigenvalue weighted by Crippen LogP contribution is 2.17. The monoisotopic (exact) mass is 209 g/mol. The predicted octanol–water partition coefficient (Wildman–Crippen LogP) is 1.63. The molecule has 1 fully saturated rings. The van der Waals surface area contributed by atoms with Crippen LogP contribution >= 0.6 is 11.8 Å². The first-order valence-corrected chi connectivity index (χ1v) is 5.99. The molecule has 2 rings (SSSR count). The fraction of sp³-hybridized carbons (Fsp3) is 0.600. The molecule has 0 amide bonds. The van der Waals surface area contributed by atoms with Gasteiger partial charge in [-0.3, -0.25) is 0 Å². The van der Waals surface area contributed by atoms with E-state index in [2.05, 4.69) is 15.3 Å². The molecule has 2 heterocycles. The number of hydrogen-bond donors (Lipinski definition) is 1. The Morgan fingerprint density at radius 2 is 2.57 bits per heavy atom. The van der Waals surface area contributed by atoms with Crippen LogP contribution in [0, 0.1) is 6.92 Å². The molecule has 1 aliphatic rings. The van der Waals surface area contributed by atoms with E-state index in [-0.39, 0.29) is 0 Å². The Labute approximate surface area is 88.7 Å². The second-order valence-corrected chi connectivity index (χ2v) is 4.57. The van der Waals surface area contributed by atoms with E-state index in [0.717, 1.165) is 16.6 Å². The van der Waals surface area contributed by atoms with E-state index in [1.165, 1.54) is 19.4 Å². The van der Waals surface area contributed by atoms with Crippen LogP contribution in [0.4, 0.5) is 0 Å². The zero-order valence-electron chi connectivity index (χ0n) is 8.36. The third-order valence-corrected chi connectivity index (χ3v) is 3.37. The molecule has 1 N–H and O–H groups in total. The van der Waals surface area contributed by atoms with Gasteiger partial charge < -0.3 is 5.32 Å². The van der Waals surface area contributed by atoms with Crippen LogP contribution in [0.15, 0.2) is 17.4 Å². The van der Waals surface area contributed by atoms with Gasteiger partial charge in [0.15, 0.2) is 5.16 Å². The van der Waals surface area contributed by atoms with E-state index in [1.54, 1.807) is 11.8 Å². The van der Waals surface area contributed by atoms with Crippen LogP contribution in [0.3, 0.4) is 0 Å². The highest BCUT2D eigenvalue weighted by molar-refractivity contribution is 7.99. The fourth-order valence-electron chi connectivity index (χ4n) is 1.57. The average Bonchev–Trinajstić information content (AvgIpc) is 2.67. The molecule has 0 radical (unpaired) electrons. The Kier molecular flexibility index (Phi) is 3.37. The molecular formula is C10H15N3S. The molecule has 1 saturated heterocycles. The number of aryl methyl sites for hydroxylation is 1. The van der Waals surface area contributed by atoms with Gasteiger partial charge in [0, 0.05) is 23.7 Å². The Hall–Kier alpha value is -0.610. The summed E-state index contributed by atoms with van der Waals surface area (Å²) in [5.74, 6) is 1.09. The summed E-state index contributed by atoms with van der Waals surface area (Å²) < 4.78 is 0. The lowest BCUT2D eigenvalue weighted by Crippen LogP contribution is -2.23. The van der Waals surface area contributed by atoms with Gasteiger partial charge >= 0.3 is 0 Å². The van der Waals surface area contributed by atoms with Gasteiger partial charge in [0.2, 0.25) is 0 Å². The van der Waals surface area contributed by atoms with Gasteiger partial charge in [0.05, 0.1) is 0 Å². The van der Waals surface area contributed by atoms with Gasteiger partial charge in [-0.05, 0) is 32.4 Å². The number of nitrogens with one attached hydrogen (secondary N) is 1. The minimum atomic E-state index is 0.657. The molecule has 1 aliphatic heterocycles. The Bertz CT molecular complexity index is 297. The summed E-state index contributed by atoms with van der Waals surface area (Å²) in [5.41, 5.74) is 1.04. The third kappa shape index (κ3) is 2.69. The maximum atomic E-state index is 4.36. The van der Waals surface area contributed by atoms with E-state index in [9.17, 15) is 0 Å². The predicted molar refractivity (Wildman–Crippen MR) is 58.5 cm³/mol. The molecular weight excluding hydrogens is 194 g/mol. The number of rotatable bonds is 3. The highest BCUT2D eigenvalue weighted by atomic mass is 32.2. The summed E-state index contributed by atoms with van der Waals surface area (Å²) in [5, 5.41) is 4.37. The zero-order chi connectivity index (χ0) is 9.80. The normalized spacial score (nSPS) is 21.4. The van der Waals surface area contributed by atoms with E-state index in [0.29, 0.717) is 6.04 Å². The number of nitrogens with zero attached hydrogens (tertiary/aromatic N) is 2. The molecule has 0 aliphatic carbocycles. The molecule has 4 heteroatoms. The fourth-order valence-corrected chi connectivity index (χ4v) is 2.55. The molecule has 1 aromatic rings. The topological polar surface area (TPSA) is 37.8 Å². The van der Waals surface area contributed by atoms with Crippen LogP contribution < -0.4 is 5.32 Å². The first-order chi connectivity index (χ1) is 6.84. The molecule has 0 bridgehead atoms. The Balaban J connectivity index is 1.85. The largest absolute Gasteiger partial charge is 0.313 e. The van der Waals surface area contributed by atoms with E-state index >= 15 is 0 Å². The molecule has 3 nitrogen and oxygen atoms in total. The van der Waals surface area contributed by atoms with Gasteiger partial charge in [-0.15, -0.1) is 0 Å². The SMILES string of the molecule is Cc1ccnc(SC[C@@H]2CCCN2)n1. The van der Waals surface area contributed by atoms with Crippen LogP contribution in [-0.4, -0.2) is 28.3 Å². The Morgan fingerprint density at radius 3 is 3.29 bits per heavy atom. The summed E-state index contributed by atoms with van der Waals surface area (Å²) in [6, 6.07) is 2.59. The standard InChI is InChI=1S/C10H15N3S/c1-8-4-6-12-10(13-8)14-7-9-3-2-5-11-9/h4,6,9,11H,2-3,5,7H2,1H3/t9-/m0/s1. The van der Waals surface area contributed by atoms with Gasteiger partial charge in [-0.2, -0.15) is 0 Å². The summed E-state index contributed by atoms with van der Waals surface area (Å²) in [4.78, 5) is 8.58. The van der Waals surface area contributed by atoms with Crippen molar-refractivity contribution < 1.29 is 0 Å². The molecule has 1 aromatic heterocycles. The lowest BCUT2D eigenvalue weighted by atomic mass is 10.3. The quantitative estimate of drug-likeness (QED) is 0.606. The smallest absolute Gasteiger partial charge is 0.187 e. The maximum absolute atomic E-state index is 4.36. The van der Waals surface area contributed by atoms with Crippen molar-refractivity contribution in [3.05, 3.63) is 18.0 Å². The van der Waals surface area contributed by atoms with Crippen molar-refractivity contribution in [3.8, 4) is 0 Å². The lowest BCUT2D eigenvalue weighted by Gasteiger charge is -2.07. The van der Waals surface area contributed by atoms with Crippen LogP contribution in [0.1, 0.15) is 18.5 Å². The van der Waals surface area contributed by atoms with Gasteiger partial charge in [-0.25, -0.2) is 9.97 Å². The minimum absolute atomic E-state index is 0.657. The lowest BCUT2D eigenvalue weighted by molar-refractivity contribution is 0.673. The van der Waals surface area contributed by atoms with E-state index in [1.807, 2.05) is 19.2 Å². The van der Waals surface area contributed by atoms with Crippen molar-refractivity contribution in [3.63, 3.8) is 0 Å². The molecule has 1 atom stereocenters. The highest BCUT2D eigenvalue weighted by Gasteiger charge is 2.14. The number of hydrogen-bond acceptors (Lipinski definition) is 4. The number of thioether (sulfide) groups is 1. The summed E-state index contributed by atoms with van der Waals surface area (Å²) >= 11 is 1.75. The van der Waals surface area contributed by atoms with Crippen LogP contribution in [0.2, 0.25) is 0 Å². The van der Waals surface area contributed by atoms with Crippen molar-refractivity contribution in [2.24, 2.45) is 0 Å². The second kappa shape index (κ2) is 4.75. The molecule has 76 valence electrons.